The summed E-state index contributed by atoms with van der Waals surface area (Å²) in [6, 6.07) is 14.4. The molecule has 0 atom stereocenters. The second-order valence-electron chi connectivity index (χ2n) is 6.56. The third-order valence-corrected chi connectivity index (χ3v) is 4.68. The van der Waals surface area contributed by atoms with Crippen LogP contribution in [-0.2, 0) is 0 Å². The lowest BCUT2D eigenvalue weighted by atomic mass is 10.0. The number of nitrogens with zero attached hydrogens (tertiary/aromatic N) is 4. The largest absolute Gasteiger partial charge is 0.358 e. The van der Waals surface area contributed by atoms with E-state index in [4.69, 9.17) is 0 Å². The van der Waals surface area contributed by atoms with E-state index in [1.807, 2.05) is 24.7 Å². The van der Waals surface area contributed by atoms with Gasteiger partial charge in [-0.25, -0.2) is 15.0 Å². The lowest BCUT2D eigenvalue weighted by Crippen LogP contribution is -2.04. The van der Waals surface area contributed by atoms with Gasteiger partial charge >= 0.3 is 0 Å². The Kier molecular flexibility index (Phi) is 4.14. The predicted octanol–water partition coefficient (Wildman–Crippen LogP) is 4.35. The Morgan fingerprint density at radius 3 is 2.18 bits per heavy atom. The Morgan fingerprint density at radius 2 is 1.46 bits per heavy atom. The zero-order valence-corrected chi connectivity index (χ0v) is 15.1. The smallest absolute Gasteiger partial charge is 0.175 e. The number of aromatic amines is 2. The van der Waals surface area contributed by atoms with Crippen molar-refractivity contribution in [1.82, 2.24) is 19.9 Å². The fourth-order valence-corrected chi connectivity index (χ4v) is 3.27. The molecular weight excluding hydrogens is 348 g/mol. The first-order chi connectivity index (χ1) is 13.9. The van der Waals surface area contributed by atoms with Gasteiger partial charge in [-0.3, -0.25) is 4.99 Å². The van der Waals surface area contributed by atoms with Crippen LogP contribution in [0.15, 0.2) is 77.2 Å². The third-order valence-electron chi connectivity index (χ3n) is 4.68. The van der Waals surface area contributed by atoms with Crippen molar-refractivity contribution >= 4 is 12.1 Å². The maximum Gasteiger partial charge on any atom is 0.175 e. The minimum atomic E-state index is 0.689. The normalized spacial score (nSPS) is 13.5. The highest BCUT2D eigenvalue weighted by atomic mass is 15.0. The Balaban J connectivity index is 1.45. The number of nitrogens with one attached hydrogen (secondary N) is 2. The van der Waals surface area contributed by atoms with E-state index in [2.05, 4.69) is 66.3 Å². The molecule has 3 aromatic heterocycles. The zero-order chi connectivity index (χ0) is 18.8. The lowest BCUT2D eigenvalue weighted by molar-refractivity contribution is 1.03. The summed E-state index contributed by atoms with van der Waals surface area (Å²) in [6.07, 6.45) is 10.3. The second kappa shape index (κ2) is 7.08. The number of hydrogen-bond donors (Lipinski definition) is 2. The lowest BCUT2D eigenvalue weighted by Gasteiger charge is -2.03. The van der Waals surface area contributed by atoms with Gasteiger partial charge in [0.25, 0.3) is 0 Å². The number of benzene rings is 1. The van der Waals surface area contributed by atoms with Crippen molar-refractivity contribution in [2.24, 2.45) is 9.98 Å². The summed E-state index contributed by atoms with van der Waals surface area (Å²) in [5, 5.41) is 0. The highest BCUT2D eigenvalue weighted by molar-refractivity contribution is 6.03. The van der Waals surface area contributed by atoms with Crippen LogP contribution in [0.2, 0.25) is 0 Å². The number of aromatic nitrogens is 4. The van der Waals surface area contributed by atoms with Crippen molar-refractivity contribution in [2.75, 3.05) is 6.54 Å². The molecule has 4 heterocycles. The van der Waals surface area contributed by atoms with Gasteiger partial charge < -0.3 is 9.97 Å². The minimum absolute atomic E-state index is 0.689. The van der Waals surface area contributed by atoms with Crippen molar-refractivity contribution in [3.05, 3.63) is 72.9 Å². The fourth-order valence-electron chi connectivity index (χ4n) is 3.27. The van der Waals surface area contributed by atoms with E-state index in [0.717, 1.165) is 52.4 Å². The quantitative estimate of drug-likeness (QED) is 0.563. The number of rotatable bonds is 4. The van der Waals surface area contributed by atoms with E-state index in [-0.39, 0.29) is 0 Å². The first-order valence-corrected chi connectivity index (χ1v) is 9.19. The van der Waals surface area contributed by atoms with Gasteiger partial charge in [0.2, 0.25) is 0 Å². The van der Waals surface area contributed by atoms with E-state index in [0.29, 0.717) is 5.82 Å². The summed E-state index contributed by atoms with van der Waals surface area (Å²) in [5.41, 5.74) is 6.33. The first-order valence-electron chi connectivity index (χ1n) is 9.19. The highest BCUT2D eigenvalue weighted by Gasteiger charge is 2.10. The summed E-state index contributed by atoms with van der Waals surface area (Å²) >= 11 is 0. The van der Waals surface area contributed by atoms with Crippen molar-refractivity contribution in [3.63, 3.8) is 0 Å². The van der Waals surface area contributed by atoms with Crippen molar-refractivity contribution in [2.45, 2.75) is 6.42 Å². The van der Waals surface area contributed by atoms with Gasteiger partial charge in [-0.2, -0.15) is 0 Å². The van der Waals surface area contributed by atoms with E-state index < -0.39 is 0 Å². The molecule has 0 aliphatic carbocycles. The summed E-state index contributed by atoms with van der Waals surface area (Å²) in [4.78, 5) is 24.0. The molecule has 6 nitrogen and oxygen atoms in total. The number of hydrogen-bond acceptors (Lipinski definition) is 4. The molecule has 136 valence electrons. The molecule has 0 spiro atoms. The minimum Gasteiger partial charge on any atom is -0.358 e. The molecule has 2 N–H and O–H groups in total. The van der Waals surface area contributed by atoms with Crippen LogP contribution in [0.5, 0.6) is 0 Å². The Hall–Kier alpha value is -3.80. The molecule has 1 aromatic carbocycles. The number of amidine groups is 1. The molecule has 0 bridgehead atoms. The van der Waals surface area contributed by atoms with Gasteiger partial charge in [0.05, 0.1) is 11.4 Å². The standard InChI is InChI=1S/C22H18N6/c1-4-15(17-11-19(27-13-17)21-23-6-2-7-24-21)10-16(5-1)18-12-20(28-14-18)22-25-8-3-9-26-22/h1-2,4-8,10-14,27-28H,3,9H2. The van der Waals surface area contributed by atoms with Crippen molar-refractivity contribution in [1.29, 1.82) is 0 Å². The summed E-state index contributed by atoms with van der Waals surface area (Å²) in [5.74, 6) is 1.46. The Bertz CT molecular complexity index is 1170. The number of H-pyrrole nitrogens is 2. The van der Waals surface area contributed by atoms with Crippen LogP contribution in [-0.4, -0.2) is 38.5 Å². The van der Waals surface area contributed by atoms with Gasteiger partial charge in [0.1, 0.15) is 0 Å². The summed E-state index contributed by atoms with van der Waals surface area (Å²) < 4.78 is 0. The summed E-state index contributed by atoms with van der Waals surface area (Å²) in [7, 11) is 0. The molecule has 0 amide bonds. The molecule has 1 aliphatic rings. The van der Waals surface area contributed by atoms with Crippen LogP contribution in [0.25, 0.3) is 33.8 Å². The predicted molar refractivity (Wildman–Crippen MR) is 112 cm³/mol. The van der Waals surface area contributed by atoms with E-state index >= 15 is 0 Å². The molecule has 4 aromatic rings. The summed E-state index contributed by atoms with van der Waals surface area (Å²) in [6.45, 7) is 0.795. The maximum atomic E-state index is 4.47. The van der Waals surface area contributed by atoms with Crippen LogP contribution >= 0.6 is 0 Å². The van der Waals surface area contributed by atoms with Crippen LogP contribution in [0.3, 0.4) is 0 Å². The van der Waals surface area contributed by atoms with E-state index in [1.54, 1.807) is 12.4 Å². The van der Waals surface area contributed by atoms with Crippen molar-refractivity contribution in [3.8, 4) is 33.8 Å². The monoisotopic (exact) mass is 366 g/mol. The van der Waals surface area contributed by atoms with Gasteiger partial charge in [-0.05, 0) is 46.5 Å². The van der Waals surface area contributed by atoms with E-state index in [9.17, 15) is 0 Å². The fraction of sp³-hybridized carbons (Fsp3) is 0.0909. The molecule has 6 heteroatoms. The van der Waals surface area contributed by atoms with Crippen molar-refractivity contribution < 1.29 is 0 Å². The molecule has 5 rings (SSSR count). The topological polar surface area (TPSA) is 82.1 Å². The van der Waals surface area contributed by atoms with Crippen LogP contribution in [0.4, 0.5) is 0 Å². The molecule has 0 unspecified atom stereocenters. The van der Waals surface area contributed by atoms with Gasteiger partial charge in [-0.15, -0.1) is 0 Å². The third kappa shape index (κ3) is 3.16. The molecule has 0 fully saturated rings. The molecular formula is C22H18N6. The average Bonchev–Trinajstić information content (AvgIpc) is 3.46. The first kappa shape index (κ1) is 16.4. The maximum absolute atomic E-state index is 4.47. The number of aliphatic imine (C=N–C) groups is 2. The van der Waals surface area contributed by atoms with Gasteiger partial charge in [0.15, 0.2) is 11.7 Å². The van der Waals surface area contributed by atoms with Crippen LogP contribution in [0, 0.1) is 0 Å². The van der Waals surface area contributed by atoms with Gasteiger partial charge in [-0.1, -0.05) is 18.2 Å². The Morgan fingerprint density at radius 1 is 0.750 bits per heavy atom. The highest BCUT2D eigenvalue weighted by Crippen LogP contribution is 2.29. The molecule has 0 radical (unpaired) electrons. The molecule has 1 aliphatic heterocycles. The molecule has 28 heavy (non-hydrogen) atoms. The van der Waals surface area contributed by atoms with Gasteiger partial charge in [0, 0.05) is 44.0 Å². The molecule has 0 saturated carbocycles. The average molecular weight is 366 g/mol. The SMILES string of the molecule is C1=NC(c2cc(-c3cccc(-c4c[nH]c(-c5ncccn5)c4)c3)c[nH]2)=NCC1. The van der Waals surface area contributed by atoms with Crippen LogP contribution < -0.4 is 0 Å². The Labute approximate surface area is 162 Å². The molecule has 0 saturated heterocycles. The second-order valence-corrected chi connectivity index (χ2v) is 6.56. The zero-order valence-electron chi connectivity index (χ0n) is 15.1. The van der Waals surface area contributed by atoms with E-state index in [1.165, 1.54) is 0 Å². The van der Waals surface area contributed by atoms with Crippen LogP contribution in [0.1, 0.15) is 12.1 Å².